The van der Waals surface area contributed by atoms with Crippen molar-refractivity contribution >= 4 is 5.69 Å². The first kappa shape index (κ1) is 15.1. The second-order valence-electron chi connectivity index (χ2n) is 6.33. The summed E-state index contributed by atoms with van der Waals surface area (Å²) in [5, 5.41) is 3.59. The van der Waals surface area contributed by atoms with Gasteiger partial charge in [-0.05, 0) is 30.7 Å². The van der Waals surface area contributed by atoms with Crippen molar-refractivity contribution in [3.05, 3.63) is 18.3 Å². The van der Waals surface area contributed by atoms with E-state index >= 15 is 0 Å². The van der Waals surface area contributed by atoms with Crippen LogP contribution in [0.4, 0.5) is 5.69 Å². The Morgan fingerprint density at radius 3 is 2.85 bits per heavy atom. The maximum Gasteiger partial charge on any atom is 0.213 e. The molecule has 1 fully saturated rings. The Morgan fingerprint density at radius 1 is 1.35 bits per heavy atom. The first-order chi connectivity index (χ1) is 9.59. The molecule has 1 N–H and O–H groups in total. The van der Waals surface area contributed by atoms with Gasteiger partial charge in [0.1, 0.15) is 6.61 Å². The Hall–Kier alpha value is -1.29. The summed E-state index contributed by atoms with van der Waals surface area (Å²) in [6.07, 6.45) is 6.95. The van der Waals surface area contributed by atoms with Crippen LogP contribution in [0.3, 0.4) is 0 Å². The highest BCUT2D eigenvalue weighted by Gasteiger charge is 2.27. The molecule has 0 aromatic carbocycles. The van der Waals surface area contributed by atoms with E-state index in [1.807, 2.05) is 18.3 Å². The summed E-state index contributed by atoms with van der Waals surface area (Å²) < 4.78 is 10.4. The predicted molar refractivity (Wildman–Crippen MR) is 81.3 cm³/mol. The molecule has 112 valence electrons. The van der Waals surface area contributed by atoms with Crippen LogP contribution < -0.4 is 10.1 Å². The summed E-state index contributed by atoms with van der Waals surface area (Å²) in [5.41, 5.74) is 1.53. The van der Waals surface area contributed by atoms with Gasteiger partial charge in [-0.1, -0.05) is 20.3 Å². The molecule has 1 saturated carbocycles. The van der Waals surface area contributed by atoms with Gasteiger partial charge in [0.25, 0.3) is 0 Å². The van der Waals surface area contributed by atoms with E-state index in [1.165, 1.54) is 25.7 Å². The van der Waals surface area contributed by atoms with E-state index in [2.05, 4.69) is 24.1 Å². The molecule has 0 aliphatic heterocycles. The highest BCUT2D eigenvalue weighted by Crippen LogP contribution is 2.36. The van der Waals surface area contributed by atoms with Gasteiger partial charge in [0, 0.05) is 19.2 Å². The maximum absolute atomic E-state index is 5.46. The smallest absolute Gasteiger partial charge is 0.213 e. The molecule has 2 rings (SSSR count). The SMILES string of the molecule is COCCOc1ccc(NC2CCCC(C)(C)C2)cn1. The Balaban J connectivity index is 1.84. The standard InChI is InChI=1S/C16H26N2O2/c1-16(2)8-4-5-13(11-16)18-14-6-7-15(17-12-14)20-10-9-19-3/h6-7,12-13,18H,4-5,8-11H2,1-3H3. The first-order valence-electron chi connectivity index (χ1n) is 7.43. The third-order valence-electron chi connectivity index (χ3n) is 3.85. The molecule has 20 heavy (non-hydrogen) atoms. The van der Waals surface area contributed by atoms with Crippen LogP contribution in [0.25, 0.3) is 0 Å². The van der Waals surface area contributed by atoms with Gasteiger partial charge < -0.3 is 14.8 Å². The predicted octanol–water partition coefficient (Wildman–Crippen LogP) is 3.49. The number of aromatic nitrogens is 1. The quantitative estimate of drug-likeness (QED) is 0.809. The van der Waals surface area contributed by atoms with E-state index in [1.54, 1.807) is 7.11 Å². The third-order valence-corrected chi connectivity index (χ3v) is 3.85. The molecule has 1 aliphatic rings. The third kappa shape index (κ3) is 4.67. The summed E-state index contributed by atoms with van der Waals surface area (Å²) in [4.78, 5) is 4.31. The second kappa shape index (κ2) is 6.93. The summed E-state index contributed by atoms with van der Waals surface area (Å²) >= 11 is 0. The van der Waals surface area contributed by atoms with Gasteiger partial charge in [-0.25, -0.2) is 4.98 Å². The average Bonchev–Trinajstić information content (AvgIpc) is 2.40. The molecule has 1 unspecified atom stereocenters. The minimum absolute atomic E-state index is 0.451. The summed E-state index contributed by atoms with van der Waals surface area (Å²) in [7, 11) is 1.66. The maximum atomic E-state index is 5.46. The fourth-order valence-corrected chi connectivity index (χ4v) is 2.84. The Morgan fingerprint density at radius 2 is 2.20 bits per heavy atom. The van der Waals surface area contributed by atoms with Gasteiger partial charge in [-0.2, -0.15) is 0 Å². The van der Waals surface area contributed by atoms with Crippen molar-refractivity contribution in [3.8, 4) is 5.88 Å². The summed E-state index contributed by atoms with van der Waals surface area (Å²) in [5.74, 6) is 0.650. The molecule has 1 atom stereocenters. The van der Waals surface area contributed by atoms with Gasteiger partial charge >= 0.3 is 0 Å². The molecular formula is C16H26N2O2. The van der Waals surface area contributed by atoms with Crippen molar-refractivity contribution in [2.24, 2.45) is 5.41 Å². The Kier molecular flexibility index (Phi) is 5.24. The summed E-state index contributed by atoms with van der Waals surface area (Å²) in [6.45, 7) is 5.82. The lowest BCUT2D eigenvalue weighted by Crippen LogP contribution is -2.31. The molecule has 4 heteroatoms. The molecule has 0 bridgehead atoms. The fourth-order valence-electron chi connectivity index (χ4n) is 2.84. The van der Waals surface area contributed by atoms with Crippen molar-refractivity contribution in [3.63, 3.8) is 0 Å². The van der Waals surface area contributed by atoms with Gasteiger partial charge in [0.2, 0.25) is 5.88 Å². The van der Waals surface area contributed by atoms with Crippen molar-refractivity contribution in [2.45, 2.75) is 45.6 Å². The number of anilines is 1. The molecule has 0 spiro atoms. The lowest BCUT2D eigenvalue weighted by atomic mass is 9.75. The number of methoxy groups -OCH3 is 1. The molecule has 4 nitrogen and oxygen atoms in total. The first-order valence-corrected chi connectivity index (χ1v) is 7.43. The highest BCUT2D eigenvalue weighted by atomic mass is 16.5. The Bertz CT molecular complexity index is 403. The van der Waals surface area contributed by atoms with E-state index in [9.17, 15) is 0 Å². The summed E-state index contributed by atoms with van der Waals surface area (Å²) in [6, 6.07) is 4.50. The number of ether oxygens (including phenoxy) is 2. The average molecular weight is 278 g/mol. The number of rotatable bonds is 6. The molecule has 0 amide bonds. The van der Waals surface area contributed by atoms with Crippen molar-refractivity contribution < 1.29 is 9.47 Å². The molecule has 1 heterocycles. The minimum Gasteiger partial charge on any atom is -0.475 e. The minimum atomic E-state index is 0.451. The monoisotopic (exact) mass is 278 g/mol. The normalized spacial score (nSPS) is 21.4. The van der Waals surface area contributed by atoms with Crippen LogP contribution in [0, 0.1) is 5.41 Å². The van der Waals surface area contributed by atoms with Gasteiger partial charge in [-0.3, -0.25) is 0 Å². The fraction of sp³-hybridized carbons (Fsp3) is 0.688. The Labute approximate surface area is 121 Å². The lowest BCUT2D eigenvalue weighted by Gasteiger charge is -2.36. The number of hydrogen-bond donors (Lipinski definition) is 1. The number of nitrogens with one attached hydrogen (secondary N) is 1. The van der Waals surface area contributed by atoms with Crippen LogP contribution in [0.5, 0.6) is 5.88 Å². The number of nitrogens with zero attached hydrogens (tertiary/aromatic N) is 1. The van der Waals surface area contributed by atoms with Crippen molar-refractivity contribution in [2.75, 3.05) is 25.6 Å². The molecule has 1 aromatic heterocycles. The number of pyridine rings is 1. The van der Waals surface area contributed by atoms with Gasteiger partial charge in [0.05, 0.1) is 18.5 Å². The van der Waals surface area contributed by atoms with Crippen LogP contribution in [0.2, 0.25) is 0 Å². The molecule has 1 aliphatic carbocycles. The largest absolute Gasteiger partial charge is 0.475 e. The van der Waals surface area contributed by atoms with E-state index < -0.39 is 0 Å². The van der Waals surface area contributed by atoms with E-state index in [-0.39, 0.29) is 0 Å². The van der Waals surface area contributed by atoms with Crippen LogP contribution in [0.15, 0.2) is 18.3 Å². The zero-order valence-corrected chi connectivity index (χ0v) is 12.8. The molecule has 0 saturated heterocycles. The zero-order chi connectivity index (χ0) is 14.4. The highest BCUT2D eigenvalue weighted by molar-refractivity contribution is 5.43. The molecular weight excluding hydrogens is 252 g/mol. The lowest BCUT2D eigenvalue weighted by molar-refractivity contribution is 0.144. The second-order valence-corrected chi connectivity index (χ2v) is 6.33. The van der Waals surface area contributed by atoms with Crippen LogP contribution >= 0.6 is 0 Å². The van der Waals surface area contributed by atoms with E-state index in [4.69, 9.17) is 9.47 Å². The van der Waals surface area contributed by atoms with Gasteiger partial charge in [-0.15, -0.1) is 0 Å². The number of hydrogen-bond acceptors (Lipinski definition) is 4. The molecule has 1 aromatic rings. The van der Waals surface area contributed by atoms with E-state index in [0.717, 1.165) is 5.69 Å². The molecule has 0 radical (unpaired) electrons. The van der Waals surface area contributed by atoms with Crippen molar-refractivity contribution in [1.82, 2.24) is 4.98 Å². The van der Waals surface area contributed by atoms with Crippen LogP contribution in [0.1, 0.15) is 39.5 Å². The topological polar surface area (TPSA) is 43.4 Å². The zero-order valence-electron chi connectivity index (χ0n) is 12.8. The van der Waals surface area contributed by atoms with Gasteiger partial charge in [0.15, 0.2) is 0 Å². The van der Waals surface area contributed by atoms with Crippen LogP contribution in [-0.2, 0) is 4.74 Å². The van der Waals surface area contributed by atoms with Crippen molar-refractivity contribution in [1.29, 1.82) is 0 Å². The van der Waals surface area contributed by atoms with Crippen LogP contribution in [-0.4, -0.2) is 31.3 Å². The van der Waals surface area contributed by atoms with E-state index in [0.29, 0.717) is 30.6 Å².